The summed E-state index contributed by atoms with van der Waals surface area (Å²) in [5.74, 6) is 0.406. The van der Waals surface area contributed by atoms with Crippen LogP contribution in [0.5, 0.6) is 5.75 Å². The van der Waals surface area contributed by atoms with Crippen LogP contribution in [0.2, 0.25) is 0 Å². The Labute approximate surface area is 96.2 Å². The molecule has 0 aliphatic heterocycles. The number of nitriles is 1. The Balaban J connectivity index is 2.46. The van der Waals surface area contributed by atoms with Crippen molar-refractivity contribution in [3.8, 4) is 17.5 Å². The quantitative estimate of drug-likeness (QED) is 0.705. The number of aldehydes is 1. The number of benzene rings is 1. The molecule has 0 saturated carbocycles. The summed E-state index contributed by atoms with van der Waals surface area (Å²) in [6.07, 6.45) is 0.504. The normalized spacial score (nSPS) is 9.65. The van der Waals surface area contributed by atoms with Crippen LogP contribution >= 0.6 is 0 Å². The Bertz CT molecular complexity index is 599. The Kier molecular flexibility index (Phi) is 2.79. The van der Waals surface area contributed by atoms with Crippen molar-refractivity contribution in [1.82, 2.24) is 20.2 Å². The van der Waals surface area contributed by atoms with Crippen LogP contribution in [0.15, 0.2) is 18.2 Å². The van der Waals surface area contributed by atoms with Gasteiger partial charge in [-0.1, -0.05) is 0 Å². The number of methoxy groups -OCH3 is 1. The lowest BCUT2D eigenvalue weighted by Crippen LogP contribution is -2.00. The number of nitrogens with zero attached hydrogens (tertiary/aromatic N) is 5. The first-order valence-corrected chi connectivity index (χ1v) is 4.62. The molecule has 0 atom stereocenters. The van der Waals surface area contributed by atoms with Crippen molar-refractivity contribution in [2.24, 2.45) is 0 Å². The van der Waals surface area contributed by atoms with Gasteiger partial charge in [-0.05, 0) is 17.3 Å². The number of carbonyl (C=O) groups is 1. The van der Waals surface area contributed by atoms with Crippen LogP contribution in [-0.4, -0.2) is 33.6 Å². The zero-order chi connectivity index (χ0) is 12.3. The second kappa shape index (κ2) is 4.40. The minimum atomic E-state index is -0.00618. The number of rotatable bonds is 3. The van der Waals surface area contributed by atoms with E-state index in [2.05, 4.69) is 15.4 Å². The molecular weight excluding hydrogens is 222 g/mol. The van der Waals surface area contributed by atoms with Crippen molar-refractivity contribution in [3.05, 3.63) is 29.6 Å². The Hall–Kier alpha value is -2.75. The van der Waals surface area contributed by atoms with Crippen molar-refractivity contribution in [2.45, 2.75) is 0 Å². The van der Waals surface area contributed by atoms with Gasteiger partial charge in [0.2, 0.25) is 5.82 Å². The van der Waals surface area contributed by atoms with E-state index in [1.807, 2.05) is 6.07 Å². The van der Waals surface area contributed by atoms with Crippen LogP contribution in [0, 0.1) is 11.3 Å². The summed E-state index contributed by atoms with van der Waals surface area (Å²) in [4.78, 5) is 11.6. The third-order valence-electron chi connectivity index (χ3n) is 2.07. The number of ether oxygens (including phenoxy) is 1. The maximum atomic E-state index is 10.4. The SMILES string of the molecule is COc1cc(-n2nnc(C=O)n2)ccc1C#N. The van der Waals surface area contributed by atoms with Crippen molar-refractivity contribution in [3.63, 3.8) is 0 Å². The van der Waals surface area contributed by atoms with Crippen LogP contribution in [-0.2, 0) is 0 Å². The van der Waals surface area contributed by atoms with Gasteiger partial charge >= 0.3 is 0 Å². The first kappa shape index (κ1) is 10.8. The maximum absolute atomic E-state index is 10.4. The van der Waals surface area contributed by atoms with Crippen molar-refractivity contribution in [1.29, 1.82) is 5.26 Å². The van der Waals surface area contributed by atoms with Gasteiger partial charge in [-0.2, -0.15) is 5.26 Å². The van der Waals surface area contributed by atoms with Gasteiger partial charge in [0.25, 0.3) is 0 Å². The molecule has 0 spiro atoms. The molecule has 0 saturated heterocycles. The first-order chi connectivity index (χ1) is 8.28. The molecule has 0 fully saturated rings. The molecule has 0 radical (unpaired) electrons. The predicted octanol–water partition coefficient (Wildman–Crippen LogP) is 0.355. The molecule has 17 heavy (non-hydrogen) atoms. The Morgan fingerprint density at radius 1 is 1.53 bits per heavy atom. The molecule has 2 rings (SSSR count). The van der Waals surface area contributed by atoms with E-state index in [0.29, 0.717) is 23.3 Å². The number of carbonyl (C=O) groups excluding carboxylic acids is 1. The van der Waals surface area contributed by atoms with E-state index in [1.165, 1.54) is 11.9 Å². The van der Waals surface area contributed by atoms with E-state index in [9.17, 15) is 4.79 Å². The summed E-state index contributed by atoms with van der Waals surface area (Å²) in [6, 6.07) is 6.80. The van der Waals surface area contributed by atoms with Gasteiger partial charge < -0.3 is 4.74 Å². The van der Waals surface area contributed by atoms with Gasteiger partial charge in [-0.3, -0.25) is 4.79 Å². The molecule has 2 aromatic rings. The standard InChI is InChI=1S/C10H7N5O2/c1-17-9-4-8(3-2-7(9)5-11)15-13-10(6-16)12-14-15/h2-4,6H,1H3. The average Bonchev–Trinajstić information content (AvgIpc) is 2.86. The molecule has 1 heterocycles. The number of aromatic nitrogens is 4. The van der Waals surface area contributed by atoms with E-state index in [4.69, 9.17) is 10.00 Å². The van der Waals surface area contributed by atoms with Crippen molar-refractivity contribution >= 4 is 6.29 Å². The third kappa shape index (κ3) is 1.96. The molecular formula is C10H7N5O2. The fourth-order valence-electron chi connectivity index (χ4n) is 1.28. The van der Waals surface area contributed by atoms with Crippen LogP contribution in [0.3, 0.4) is 0 Å². The molecule has 1 aromatic heterocycles. The van der Waals surface area contributed by atoms with E-state index >= 15 is 0 Å². The molecule has 0 amide bonds. The van der Waals surface area contributed by atoms with E-state index in [0.717, 1.165) is 0 Å². The third-order valence-corrected chi connectivity index (χ3v) is 2.07. The summed E-state index contributed by atoms with van der Waals surface area (Å²) in [6.45, 7) is 0. The molecule has 0 aliphatic rings. The smallest absolute Gasteiger partial charge is 0.237 e. The van der Waals surface area contributed by atoms with Crippen LogP contribution in [0.25, 0.3) is 5.69 Å². The fourth-order valence-corrected chi connectivity index (χ4v) is 1.28. The zero-order valence-corrected chi connectivity index (χ0v) is 8.86. The van der Waals surface area contributed by atoms with Crippen molar-refractivity contribution in [2.75, 3.05) is 7.11 Å². The van der Waals surface area contributed by atoms with E-state index < -0.39 is 0 Å². The predicted molar refractivity (Wildman–Crippen MR) is 55.8 cm³/mol. The van der Waals surface area contributed by atoms with Crippen LogP contribution < -0.4 is 4.74 Å². The molecule has 0 N–H and O–H groups in total. The second-order valence-corrected chi connectivity index (χ2v) is 3.05. The highest BCUT2D eigenvalue weighted by atomic mass is 16.5. The zero-order valence-electron chi connectivity index (χ0n) is 8.86. The summed E-state index contributed by atoms with van der Waals surface area (Å²) < 4.78 is 5.05. The molecule has 0 bridgehead atoms. The molecule has 84 valence electrons. The first-order valence-electron chi connectivity index (χ1n) is 4.62. The van der Waals surface area contributed by atoms with Gasteiger partial charge in [0.15, 0.2) is 6.29 Å². The van der Waals surface area contributed by atoms with E-state index in [-0.39, 0.29) is 5.82 Å². The lowest BCUT2D eigenvalue weighted by Gasteiger charge is -2.04. The summed E-state index contributed by atoms with van der Waals surface area (Å²) in [5, 5.41) is 19.9. The monoisotopic (exact) mass is 229 g/mol. The minimum absolute atomic E-state index is 0.00618. The lowest BCUT2D eigenvalue weighted by molar-refractivity contribution is 0.111. The number of hydrogen-bond donors (Lipinski definition) is 0. The Morgan fingerprint density at radius 3 is 2.94 bits per heavy atom. The maximum Gasteiger partial charge on any atom is 0.237 e. The van der Waals surface area contributed by atoms with Gasteiger partial charge in [0, 0.05) is 6.07 Å². The summed E-state index contributed by atoms with van der Waals surface area (Å²) in [5.41, 5.74) is 0.966. The molecule has 0 aliphatic carbocycles. The van der Waals surface area contributed by atoms with E-state index in [1.54, 1.807) is 18.2 Å². The average molecular weight is 229 g/mol. The van der Waals surface area contributed by atoms with Gasteiger partial charge in [-0.25, -0.2) is 0 Å². The number of tetrazole rings is 1. The van der Waals surface area contributed by atoms with Gasteiger partial charge in [0.1, 0.15) is 11.8 Å². The highest BCUT2D eigenvalue weighted by Crippen LogP contribution is 2.20. The molecule has 7 nitrogen and oxygen atoms in total. The fraction of sp³-hybridized carbons (Fsp3) is 0.100. The second-order valence-electron chi connectivity index (χ2n) is 3.05. The number of hydrogen-bond acceptors (Lipinski definition) is 6. The van der Waals surface area contributed by atoms with Gasteiger partial charge in [-0.15, -0.1) is 15.0 Å². The van der Waals surface area contributed by atoms with Crippen LogP contribution in [0.1, 0.15) is 16.2 Å². The lowest BCUT2D eigenvalue weighted by atomic mass is 10.2. The highest BCUT2D eigenvalue weighted by Gasteiger charge is 2.08. The molecule has 0 unspecified atom stereocenters. The minimum Gasteiger partial charge on any atom is -0.495 e. The summed E-state index contributed by atoms with van der Waals surface area (Å²) >= 11 is 0. The van der Waals surface area contributed by atoms with Gasteiger partial charge in [0.05, 0.1) is 18.4 Å². The topological polar surface area (TPSA) is 93.7 Å². The molecule has 1 aromatic carbocycles. The van der Waals surface area contributed by atoms with Crippen molar-refractivity contribution < 1.29 is 9.53 Å². The van der Waals surface area contributed by atoms with Crippen LogP contribution in [0.4, 0.5) is 0 Å². The Morgan fingerprint density at radius 2 is 2.35 bits per heavy atom. The summed E-state index contributed by atoms with van der Waals surface area (Å²) in [7, 11) is 1.46. The largest absolute Gasteiger partial charge is 0.495 e. The highest BCUT2D eigenvalue weighted by molar-refractivity contribution is 5.68. The molecule has 7 heteroatoms.